The Morgan fingerprint density at radius 2 is 2.09 bits per heavy atom. The van der Waals surface area contributed by atoms with Crippen LogP contribution in [-0.2, 0) is 4.74 Å². The van der Waals surface area contributed by atoms with E-state index in [1.165, 1.54) is 17.1 Å². The van der Waals surface area contributed by atoms with E-state index in [-0.39, 0.29) is 22.4 Å². The number of amides is 1. The molecule has 0 saturated carbocycles. The first-order valence-electron chi connectivity index (χ1n) is 6.49. The third-order valence-electron chi connectivity index (χ3n) is 3.70. The van der Waals surface area contributed by atoms with Crippen LogP contribution in [0.25, 0.3) is 11.0 Å². The molecule has 2 aromatic rings. The molecule has 3 rings (SSSR count). The number of carbonyl (C=O) groups is 1. The molecule has 1 aliphatic rings. The van der Waals surface area contributed by atoms with Gasteiger partial charge in [0.15, 0.2) is 6.23 Å². The van der Waals surface area contributed by atoms with E-state index >= 15 is 0 Å². The number of hydrogen-bond donors (Lipinski definition) is 5. The van der Waals surface area contributed by atoms with Gasteiger partial charge in [0.2, 0.25) is 0 Å². The summed E-state index contributed by atoms with van der Waals surface area (Å²) >= 11 is 0. The molecule has 0 spiro atoms. The highest BCUT2D eigenvalue weighted by Crippen LogP contribution is 2.34. The van der Waals surface area contributed by atoms with Gasteiger partial charge in [-0.2, -0.15) is 0 Å². The third kappa shape index (κ3) is 2.01. The van der Waals surface area contributed by atoms with Gasteiger partial charge in [0, 0.05) is 6.20 Å². The van der Waals surface area contributed by atoms with Gasteiger partial charge in [-0.25, -0.2) is 9.97 Å². The lowest BCUT2D eigenvalue weighted by atomic mass is 10.1. The zero-order valence-corrected chi connectivity index (χ0v) is 11.3. The van der Waals surface area contributed by atoms with Crippen molar-refractivity contribution in [1.82, 2.24) is 14.5 Å². The Morgan fingerprint density at radius 1 is 1.36 bits per heavy atom. The second kappa shape index (κ2) is 5.18. The molecule has 10 heteroatoms. The lowest BCUT2D eigenvalue weighted by Gasteiger charge is -2.17. The van der Waals surface area contributed by atoms with Crippen molar-refractivity contribution in [3.63, 3.8) is 0 Å². The van der Waals surface area contributed by atoms with E-state index in [1.54, 1.807) is 0 Å². The van der Waals surface area contributed by atoms with Gasteiger partial charge in [-0.3, -0.25) is 4.79 Å². The van der Waals surface area contributed by atoms with E-state index in [2.05, 4.69) is 9.97 Å². The van der Waals surface area contributed by atoms with Crippen LogP contribution in [-0.4, -0.2) is 60.7 Å². The molecule has 1 aliphatic heterocycles. The summed E-state index contributed by atoms with van der Waals surface area (Å²) in [6.07, 6.45) is -2.06. The minimum atomic E-state index is -1.32. The summed E-state index contributed by atoms with van der Waals surface area (Å²) in [5.41, 5.74) is 11.4. The standard InChI is InChI=1S/C12H15N5O5/c13-9-6-4(10(14)21)1-17(11(6)16-3-15-9)12-8(20)7(19)5(2-18)22-12/h1,3,5,7-8,12,18-20H,2H2,(H2,14,21)(H2,13,15,16). The minimum Gasteiger partial charge on any atom is -0.394 e. The number of rotatable bonds is 3. The fourth-order valence-electron chi connectivity index (χ4n) is 2.60. The fraction of sp³-hybridized carbons (Fsp3) is 0.417. The molecule has 22 heavy (non-hydrogen) atoms. The van der Waals surface area contributed by atoms with Gasteiger partial charge in [0.05, 0.1) is 17.6 Å². The summed E-state index contributed by atoms with van der Waals surface area (Å²) in [5.74, 6) is -0.679. The van der Waals surface area contributed by atoms with E-state index in [1.807, 2.05) is 0 Å². The van der Waals surface area contributed by atoms with Crippen LogP contribution in [0.3, 0.4) is 0 Å². The third-order valence-corrected chi connectivity index (χ3v) is 3.70. The summed E-state index contributed by atoms with van der Waals surface area (Å²) in [7, 11) is 0. The Bertz CT molecular complexity index is 732. The van der Waals surface area contributed by atoms with Crippen LogP contribution >= 0.6 is 0 Å². The van der Waals surface area contributed by atoms with Crippen LogP contribution in [0.5, 0.6) is 0 Å². The van der Waals surface area contributed by atoms with Crippen molar-refractivity contribution in [2.45, 2.75) is 24.5 Å². The van der Waals surface area contributed by atoms with Crippen LogP contribution in [0.15, 0.2) is 12.5 Å². The number of aliphatic hydroxyl groups excluding tert-OH is 3. The van der Waals surface area contributed by atoms with E-state index in [4.69, 9.17) is 21.3 Å². The first-order chi connectivity index (χ1) is 10.5. The Balaban J connectivity index is 2.16. The van der Waals surface area contributed by atoms with Gasteiger partial charge in [-0.15, -0.1) is 0 Å². The lowest BCUT2D eigenvalue weighted by Crippen LogP contribution is -2.33. The topological polar surface area (TPSA) is 170 Å². The highest BCUT2D eigenvalue weighted by atomic mass is 16.6. The largest absolute Gasteiger partial charge is 0.394 e. The monoisotopic (exact) mass is 309 g/mol. The molecule has 1 fully saturated rings. The number of hydrogen-bond acceptors (Lipinski definition) is 8. The summed E-state index contributed by atoms with van der Waals surface area (Å²) in [6.45, 7) is -0.465. The molecule has 10 nitrogen and oxygen atoms in total. The van der Waals surface area contributed by atoms with Crippen molar-refractivity contribution >= 4 is 22.8 Å². The van der Waals surface area contributed by atoms with E-state index < -0.39 is 37.1 Å². The SMILES string of the molecule is NC(=O)c1cn(C2OC(CO)C(O)C2O)c2ncnc(N)c12. The van der Waals surface area contributed by atoms with Crippen molar-refractivity contribution in [3.8, 4) is 0 Å². The van der Waals surface area contributed by atoms with E-state index in [0.29, 0.717) is 0 Å². The number of nitrogen functional groups attached to an aromatic ring is 1. The summed E-state index contributed by atoms with van der Waals surface area (Å²) < 4.78 is 6.77. The van der Waals surface area contributed by atoms with Gasteiger partial charge in [0.25, 0.3) is 5.91 Å². The number of fused-ring (bicyclic) bond motifs is 1. The average Bonchev–Trinajstić information content (AvgIpc) is 3.00. The van der Waals surface area contributed by atoms with Crippen LogP contribution in [0.1, 0.15) is 16.6 Å². The summed E-state index contributed by atoms with van der Waals surface area (Å²) in [6, 6.07) is 0. The molecule has 2 aromatic heterocycles. The number of ether oxygens (including phenoxy) is 1. The highest BCUT2D eigenvalue weighted by Gasteiger charge is 2.44. The normalized spacial score (nSPS) is 28.3. The molecule has 0 aliphatic carbocycles. The Hall–Kier alpha value is -2.27. The van der Waals surface area contributed by atoms with Gasteiger partial charge in [0.1, 0.15) is 36.1 Å². The van der Waals surface area contributed by atoms with Crippen molar-refractivity contribution in [1.29, 1.82) is 0 Å². The fourth-order valence-corrected chi connectivity index (χ4v) is 2.60. The van der Waals surface area contributed by atoms with Crippen molar-refractivity contribution in [2.75, 3.05) is 12.3 Å². The van der Waals surface area contributed by atoms with Crippen molar-refractivity contribution in [3.05, 3.63) is 18.1 Å². The smallest absolute Gasteiger partial charge is 0.251 e. The van der Waals surface area contributed by atoms with E-state index in [9.17, 15) is 15.0 Å². The molecule has 3 heterocycles. The average molecular weight is 309 g/mol. The van der Waals surface area contributed by atoms with Gasteiger partial charge >= 0.3 is 0 Å². The van der Waals surface area contributed by atoms with Crippen molar-refractivity contribution in [2.24, 2.45) is 5.73 Å². The minimum absolute atomic E-state index is 0.0595. The second-order valence-electron chi connectivity index (χ2n) is 5.00. The molecule has 4 unspecified atom stereocenters. The van der Waals surface area contributed by atoms with Crippen LogP contribution in [0.4, 0.5) is 5.82 Å². The van der Waals surface area contributed by atoms with Gasteiger partial charge in [-0.1, -0.05) is 0 Å². The lowest BCUT2D eigenvalue weighted by molar-refractivity contribution is -0.0508. The second-order valence-corrected chi connectivity index (χ2v) is 5.00. The number of primary amides is 1. The van der Waals surface area contributed by atoms with Crippen LogP contribution in [0, 0.1) is 0 Å². The van der Waals surface area contributed by atoms with E-state index in [0.717, 1.165) is 0 Å². The van der Waals surface area contributed by atoms with Crippen LogP contribution < -0.4 is 11.5 Å². The molecule has 1 saturated heterocycles. The Kier molecular flexibility index (Phi) is 3.45. The molecule has 0 radical (unpaired) electrons. The first-order valence-corrected chi connectivity index (χ1v) is 6.49. The molecular formula is C12H15N5O5. The predicted octanol–water partition coefficient (Wildman–Crippen LogP) is -2.28. The quantitative estimate of drug-likeness (QED) is 0.422. The van der Waals surface area contributed by atoms with Gasteiger partial charge < -0.3 is 36.1 Å². The molecule has 7 N–H and O–H groups in total. The number of aliphatic hydroxyl groups is 3. The zero-order valence-electron chi connectivity index (χ0n) is 11.3. The zero-order chi connectivity index (χ0) is 16.0. The van der Waals surface area contributed by atoms with Gasteiger partial charge in [-0.05, 0) is 0 Å². The van der Waals surface area contributed by atoms with Crippen molar-refractivity contribution < 1.29 is 24.9 Å². The number of carbonyl (C=O) groups excluding carboxylic acids is 1. The number of nitrogens with two attached hydrogens (primary N) is 2. The molecule has 1 amide bonds. The Morgan fingerprint density at radius 3 is 2.68 bits per heavy atom. The highest BCUT2D eigenvalue weighted by molar-refractivity contribution is 6.08. The molecular weight excluding hydrogens is 294 g/mol. The van der Waals surface area contributed by atoms with Crippen LogP contribution in [0.2, 0.25) is 0 Å². The Labute approximate surface area is 123 Å². The maximum absolute atomic E-state index is 11.6. The summed E-state index contributed by atoms with van der Waals surface area (Å²) in [5, 5.41) is 29.3. The number of nitrogens with zero attached hydrogens (tertiary/aromatic N) is 3. The number of aromatic nitrogens is 3. The molecule has 4 atom stereocenters. The predicted molar refractivity (Wildman–Crippen MR) is 73.5 cm³/mol. The maximum Gasteiger partial charge on any atom is 0.251 e. The number of anilines is 1. The molecule has 118 valence electrons. The summed E-state index contributed by atoms with van der Waals surface area (Å²) in [4.78, 5) is 19.4. The molecule has 0 bridgehead atoms. The molecule has 0 aromatic carbocycles. The first kappa shape index (κ1) is 14.7. The maximum atomic E-state index is 11.6.